The van der Waals surface area contributed by atoms with E-state index < -0.39 is 18.1 Å². The minimum absolute atomic E-state index is 0.379. The average molecular weight is 248 g/mol. The van der Waals surface area contributed by atoms with Gasteiger partial charge in [-0.1, -0.05) is 13.3 Å². The van der Waals surface area contributed by atoms with Crippen LogP contribution in [0, 0.1) is 0 Å². The number of carbonyl (C=O) groups is 2. The molecule has 6 heteroatoms. The third-order valence-corrected chi connectivity index (χ3v) is 2.81. The van der Waals surface area contributed by atoms with Crippen LogP contribution in [0.15, 0.2) is 0 Å². The molecule has 94 valence electrons. The second-order valence-electron chi connectivity index (χ2n) is 3.58. The van der Waals surface area contributed by atoms with Gasteiger partial charge in [-0.25, -0.2) is 4.79 Å². The number of thioether (sulfide) groups is 1. The summed E-state index contributed by atoms with van der Waals surface area (Å²) in [5.41, 5.74) is 5.59. The number of carboxylic acids is 1. The fraction of sp³-hybridized carbons (Fsp3) is 0.800. The molecule has 0 rings (SSSR count). The molecular weight excluding hydrogens is 228 g/mol. The maximum atomic E-state index is 11.5. The standard InChI is InChI=1S/C10H20N2O3S/c1-3-4-7(11)9(13)12-8(10(14)15)5-6-16-2/h7-8H,3-6,11H2,1-2H3,(H,12,13)(H,14,15)/t7?,8-/m1/s1. The Labute approximate surface area is 100 Å². The van der Waals surface area contributed by atoms with E-state index in [1.807, 2.05) is 13.2 Å². The first kappa shape index (κ1) is 15.2. The molecule has 0 spiro atoms. The van der Waals surface area contributed by atoms with Crippen LogP contribution >= 0.6 is 11.8 Å². The third kappa shape index (κ3) is 5.97. The number of amides is 1. The van der Waals surface area contributed by atoms with E-state index in [-0.39, 0.29) is 5.91 Å². The first-order valence-corrected chi connectivity index (χ1v) is 6.70. The van der Waals surface area contributed by atoms with Crippen LogP contribution in [0.4, 0.5) is 0 Å². The van der Waals surface area contributed by atoms with Gasteiger partial charge in [0.1, 0.15) is 6.04 Å². The summed E-state index contributed by atoms with van der Waals surface area (Å²) in [4.78, 5) is 22.4. The molecule has 0 saturated heterocycles. The molecule has 0 aliphatic rings. The van der Waals surface area contributed by atoms with Crippen LogP contribution in [0.5, 0.6) is 0 Å². The lowest BCUT2D eigenvalue weighted by Crippen LogP contribution is -2.48. The van der Waals surface area contributed by atoms with E-state index in [0.29, 0.717) is 18.6 Å². The summed E-state index contributed by atoms with van der Waals surface area (Å²) < 4.78 is 0. The normalized spacial score (nSPS) is 14.2. The van der Waals surface area contributed by atoms with Crippen molar-refractivity contribution in [3.63, 3.8) is 0 Å². The largest absolute Gasteiger partial charge is 0.480 e. The number of carbonyl (C=O) groups excluding carboxylic acids is 1. The molecule has 0 aliphatic carbocycles. The second-order valence-corrected chi connectivity index (χ2v) is 4.56. The van der Waals surface area contributed by atoms with Crippen LogP contribution in [0.1, 0.15) is 26.2 Å². The molecule has 0 aromatic rings. The Morgan fingerprint density at radius 2 is 2.06 bits per heavy atom. The zero-order valence-corrected chi connectivity index (χ0v) is 10.5. The van der Waals surface area contributed by atoms with E-state index in [4.69, 9.17) is 10.8 Å². The number of nitrogens with one attached hydrogen (secondary N) is 1. The summed E-state index contributed by atoms with van der Waals surface area (Å²) in [6.45, 7) is 1.93. The molecule has 0 bridgehead atoms. The lowest BCUT2D eigenvalue weighted by Gasteiger charge is -2.17. The van der Waals surface area contributed by atoms with Crippen molar-refractivity contribution in [1.29, 1.82) is 0 Å². The molecule has 0 aromatic carbocycles. The van der Waals surface area contributed by atoms with Gasteiger partial charge in [0.15, 0.2) is 0 Å². The quantitative estimate of drug-likeness (QED) is 0.579. The van der Waals surface area contributed by atoms with Gasteiger partial charge >= 0.3 is 5.97 Å². The van der Waals surface area contributed by atoms with Gasteiger partial charge in [0, 0.05) is 0 Å². The van der Waals surface area contributed by atoms with Crippen LogP contribution in [-0.2, 0) is 9.59 Å². The van der Waals surface area contributed by atoms with E-state index in [9.17, 15) is 9.59 Å². The second kappa shape index (κ2) is 8.41. The molecular formula is C10H20N2O3S. The summed E-state index contributed by atoms with van der Waals surface area (Å²) in [7, 11) is 0. The Balaban J connectivity index is 4.17. The van der Waals surface area contributed by atoms with Crippen molar-refractivity contribution in [2.45, 2.75) is 38.3 Å². The van der Waals surface area contributed by atoms with Crippen molar-refractivity contribution in [2.75, 3.05) is 12.0 Å². The molecule has 0 radical (unpaired) electrons. The monoisotopic (exact) mass is 248 g/mol. The van der Waals surface area contributed by atoms with Crippen LogP contribution in [0.3, 0.4) is 0 Å². The molecule has 16 heavy (non-hydrogen) atoms. The molecule has 0 fully saturated rings. The van der Waals surface area contributed by atoms with Gasteiger partial charge in [-0.05, 0) is 24.9 Å². The van der Waals surface area contributed by atoms with E-state index in [2.05, 4.69) is 5.32 Å². The predicted octanol–water partition coefficient (Wildman–Crippen LogP) is 0.436. The number of rotatable bonds is 8. The van der Waals surface area contributed by atoms with E-state index in [0.717, 1.165) is 6.42 Å². The maximum absolute atomic E-state index is 11.5. The molecule has 0 heterocycles. The zero-order chi connectivity index (χ0) is 12.6. The van der Waals surface area contributed by atoms with Crippen LogP contribution in [0.2, 0.25) is 0 Å². The summed E-state index contributed by atoms with van der Waals surface area (Å²) in [6, 6.07) is -1.44. The number of nitrogens with two attached hydrogens (primary N) is 1. The molecule has 2 atom stereocenters. The highest BCUT2D eigenvalue weighted by Gasteiger charge is 2.22. The Morgan fingerprint density at radius 3 is 2.50 bits per heavy atom. The van der Waals surface area contributed by atoms with E-state index >= 15 is 0 Å². The van der Waals surface area contributed by atoms with Crippen molar-refractivity contribution < 1.29 is 14.7 Å². The van der Waals surface area contributed by atoms with Gasteiger partial charge in [0.25, 0.3) is 0 Å². The Bertz CT molecular complexity index is 236. The Hall–Kier alpha value is -0.750. The van der Waals surface area contributed by atoms with Crippen LogP contribution in [-0.4, -0.2) is 41.1 Å². The van der Waals surface area contributed by atoms with Crippen molar-refractivity contribution in [1.82, 2.24) is 5.32 Å². The van der Waals surface area contributed by atoms with Gasteiger partial charge in [-0.2, -0.15) is 11.8 Å². The van der Waals surface area contributed by atoms with Crippen molar-refractivity contribution in [3.8, 4) is 0 Å². The molecule has 0 saturated carbocycles. The summed E-state index contributed by atoms with van der Waals surface area (Å²) in [5.74, 6) is -0.693. The molecule has 0 aromatic heterocycles. The summed E-state index contributed by atoms with van der Waals surface area (Å²) in [6.07, 6.45) is 3.68. The van der Waals surface area contributed by atoms with Crippen LogP contribution in [0.25, 0.3) is 0 Å². The molecule has 5 nitrogen and oxygen atoms in total. The fourth-order valence-corrected chi connectivity index (χ4v) is 1.69. The van der Waals surface area contributed by atoms with Gasteiger partial charge in [-0.15, -0.1) is 0 Å². The van der Waals surface area contributed by atoms with E-state index in [1.54, 1.807) is 11.8 Å². The van der Waals surface area contributed by atoms with Gasteiger partial charge in [0.2, 0.25) is 5.91 Å². The average Bonchev–Trinajstić information content (AvgIpc) is 2.23. The number of aliphatic carboxylic acids is 1. The molecule has 1 amide bonds. The van der Waals surface area contributed by atoms with Gasteiger partial charge in [0.05, 0.1) is 6.04 Å². The molecule has 4 N–H and O–H groups in total. The highest BCUT2D eigenvalue weighted by atomic mass is 32.2. The lowest BCUT2D eigenvalue weighted by atomic mass is 10.1. The first-order valence-electron chi connectivity index (χ1n) is 5.30. The van der Waals surface area contributed by atoms with Gasteiger partial charge in [-0.3, -0.25) is 4.79 Å². The fourth-order valence-electron chi connectivity index (χ4n) is 1.21. The minimum Gasteiger partial charge on any atom is -0.480 e. The third-order valence-electron chi connectivity index (χ3n) is 2.16. The smallest absolute Gasteiger partial charge is 0.326 e. The molecule has 1 unspecified atom stereocenters. The minimum atomic E-state index is -1.01. The summed E-state index contributed by atoms with van der Waals surface area (Å²) in [5, 5.41) is 11.4. The highest BCUT2D eigenvalue weighted by molar-refractivity contribution is 7.98. The Morgan fingerprint density at radius 1 is 1.44 bits per heavy atom. The highest BCUT2D eigenvalue weighted by Crippen LogP contribution is 2.02. The predicted molar refractivity (Wildman–Crippen MR) is 65.4 cm³/mol. The number of carboxylic acid groups (broad SMARTS) is 1. The number of hydrogen-bond acceptors (Lipinski definition) is 4. The summed E-state index contributed by atoms with van der Waals surface area (Å²) >= 11 is 1.55. The lowest BCUT2D eigenvalue weighted by molar-refractivity contribution is -0.142. The first-order chi connectivity index (χ1) is 7.52. The van der Waals surface area contributed by atoms with Crippen molar-refractivity contribution in [2.24, 2.45) is 5.73 Å². The van der Waals surface area contributed by atoms with Crippen molar-refractivity contribution in [3.05, 3.63) is 0 Å². The van der Waals surface area contributed by atoms with E-state index in [1.165, 1.54) is 0 Å². The van der Waals surface area contributed by atoms with Gasteiger partial charge < -0.3 is 16.2 Å². The zero-order valence-electron chi connectivity index (χ0n) is 9.73. The SMILES string of the molecule is CCCC(N)C(=O)N[C@H](CCSC)C(=O)O. The van der Waals surface area contributed by atoms with Crippen molar-refractivity contribution >= 4 is 23.6 Å². The maximum Gasteiger partial charge on any atom is 0.326 e. The number of hydrogen-bond donors (Lipinski definition) is 3. The van der Waals surface area contributed by atoms with Crippen LogP contribution < -0.4 is 11.1 Å². The Kier molecular flexibility index (Phi) is 8.01. The molecule has 0 aliphatic heterocycles. The topological polar surface area (TPSA) is 92.4 Å².